The van der Waals surface area contributed by atoms with E-state index >= 15 is 0 Å². The molecule has 0 bridgehead atoms. The topological polar surface area (TPSA) is 58.4 Å². The molecule has 0 saturated heterocycles. The minimum Gasteiger partial charge on any atom is -0.402 e. The Morgan fingerprint density at radius 2 is 1.95 bits per heavy atom. The van der Waals surface area contributed by atoms with E-state index in [0.29, 0.717) is 24.2 Å². The molecule has 4 heteroatoms. The molecule has 0 aromatic heterocycles. The van der Waals surface area contributed by atoms with Crippen molar-refractivity contribution in [3.63, 3.8) is 0 Å². The highest BCUT2D eigenvalue weighted by Gasteiger charge is 2.04. The van der Waals surface area contributed by atoms with E-state index in [1.807, 2.05) is 0 Å². The van der Waals surface area contributed by atoms with E-state index in [2.05, 4.69) is 30.6 Å². The van der Waals surface area contributed by atoms with Crippen LogP contribution in [0.15, 0.2) is 36.1 Å². The van der Waals surface area contributed by atoms with Crippen LogP contribution in [0.2, 0.25) is 0 Å². The molecule has 0 aromatic carbocycles. The third-order valence-electron chi connectivity index (χ3n) is 2.89. The van der Waals surface area contributed by atoms with Gasteiger partial charge in [-0.2, -0.15) is 0 Å². The lowest BCUT2D eigenvalue weighted by molar-refractivity contribution is -0.117. The predicted molar refractivity (Wildman–Crippen MR) is 81.6 cm³/mol. The second-order valence-corrected chi connectivity index (χ2v) is 4.37. The van der Waals surface area contributed by atoms with E-state index in [4.69, 9.17) is 5.73 Å². The maximum absolute atomic E-state index is 11.8. The molecule has 0 aliphatic rings. The van der Waals surface area contributed by atoms with Gasteiger partial charge in [-0.15, -0.1) is 6.58 Å². The number of hydrogen-bond donors (Lipinski definition) is 2. The summed E-state index contributed by atoms with van der Waals surface area (Å²) in [6.45, 7) is 13.2. The number of rotatable bonds is 9. The van der Waals surface area contributed by atoms with Crippen LogP contribution in [0.25, 0.3) is 0 Å². The zero-order chi connectivity index (χ0) is 14.7. The van der Waals surface area contributed by atoms with Crippen LogP contribution in [-0.4, -0.2) is 37.0 Å². The van der Waals surface area contributed by atoms with Crippen molar-refractivity contribution in [1.29, 1.82) is 0 Å². The molecule has 0 aliphatic heterocycles. The maximum Gasteiger partial charge on any atom is 0.246 e. The van der Waals surface area contributed by atoms with Crippen molar-refractivity contribution >= 4 is 5.91 Å². The van der Waals surface area contributed by atoms with E-state index in [-0.39, 0.29) is 5.91 Å². The van der Waals surface area contributed by atoms with Crippen molar-refractivity contribution in [2.75, 3.05) is 26.2 Å². The summed E-state index contributed by atoms with van der Waals surface area (Å²) in [6, 6.07) is 0. The van der Waals surface area contributed by atoms with Crippen molar-refractivity contribution in [3.05, 3.63) is 36.1 Å². The normalized spacial score (nSPS) is 12.6. The zero-order valence-electron chi connectivity index (χ0n) is 12.4. The highest BCUT2D eigenvalue weighted by Crippen LogP contribution is 1.98. The number of likely N-dealkylation sites (N-methyl/N-ethyl adjacent to an activating group) is 1. The van der Waals surface area contributed by atoms with Gasteiger partial charge in [-0.3, -0.25) is 4.79 Å². The lowest BCUT2D eigenvalue weighted by Gasteiger charge is -2.17. The second kappa shape index (κ2) is 10.4. The van der Waals surface area contributed by atoms with E-state index in [9.17, 15) is 4.79 Å². The van der Waals surface area contributed by atoms with Crippen LogP contribution in [0.1, 0.15) is 27.2 Å². The van der Waals surface area contributed by atoms with Gasteiger partial charge in [0.05, 0.1) is 0 Å². The molecular formula is C15H27N3O. The number of nitrogens with two attached hydrogens (primary N) is 1. The minimum atomic E-state index is -0.0465. The van der Waals surface area contributed by atoms with Gasteiger partial charge >= 0.3 is 0 Å². The fourth-order valence-electron chi connectivity index (χ4n) is 1.55. The van der Waals surface area contributed by atoms with E-state index in [1.54, 1.807) is 25.2 Å². The maximum atomic E-state index is 11.8. The quantitative estimate of drug-likeness (QED) is 0.380. The standard InChI is InChI=1S/C15H27N3O/c1-5-8-14(16)10-9-13(4)15(19)17-11-12-18(6-2)7-3/h5,9-10H,1,6-8,11-12,16H2,2-4H3,(H,17,19)/b13-9+,14-10+. The monoisotopic (exact) mass is 265 g/mol. The number of nitrogens with zero attached hydrogens (tertiary/aromatic N) is 1. The SMILES string of the molecule is C=CC/C(N)=C\C=C(/C)C(=O)NCCN(CC)CC. The van der Waals surface area contributed by atoms with Crippen LogP contribution >= 0.6 is 0 Å². The van der Waals surface area contributed by atoms with Crippen LogP contribution in [0, 0.1) is 0 Å². The summed E-state index contributed by atoms with van der Waals surface area (Å²) in [5.74, 6) is -0.0465. The molecule has 0 saturated carbocycles. The number of hydrogen-bond acceptors (Lipinski definition) is 3. The molecule has 0 radical (unpaired) electrons. The number of allylic oxidation sites excluding steroid dienone is 3. The van der Waals surface area contributed by atoms with Crippen molar-refractivity contribution < 1.29 is 4.79 Å². The molecule has 0 fully saturated rings. The van der Waals surface area contributed by atoms with Crippen molar-refractivity contribution in [2.24, 2.45) is 5.73 Å². The van der Waals surface area contributed by atoms with Crippen LogP contribution in [-0.2, 0) is 4.79 Å². The minimum absolute atomic E-state index is 0.0465. The van der Waals surface area contributed by atoms with Crippen LogP contribution in [0.3, 0.4) is 0 Å². The summed E-state index contributed by atoms with van der Waals surface area (Å²) < 4.78 is 0. The first-order chi connectivity index (χ1) is 9.04. The molecule has 0 atom stereocenters. The molecule has 4 nitrogen and oxygen atoms in total. The van der Waals surface area contributed by atoms with E-state index in [1.165, 1.54) is 0 Å². The second-order valence-electron chi connectivity index (χ2n) is 4.37. The first-order valence-electron chi connectivity index (χ1n) is 6.79. The van der Waals surface area contributed by atoms with Gasteiger partial charge in [0.15, 0.2) is 0 Å². The van der Waals surface area contributed by atoms with Crippen LogP contribution < -0.4 is 11.1 Å². The number of carbonyl (C=O) groups excluding carboxylic acids is 1. The fraction of sp³-hybridized carbons (Fsp3) is 0.533. The summed E-state index contributed by atoms with van der Waals surface area (Å²) in [5.41, 5.74) is 7.07. The fourth-order valence-corrected chi connectivity index (χ4v) is 1.55. The van der Waals surface area contributed by atoms with Crippen molar-refractivity contribution in [1.82, 2.24) is 10.2 Å². The Labute approximate surface area is 117 Å². The van der Waals surface area contributed by atoms with Gasteiger partial charge in [0.25, 0.3) is 0 Å². The third-order valence-corrected chi connectivity index (χ3v) is 2.89. The lowest BCUT2D eigenvalue weighted by atomic mass is 10.2. The zero-order valence-corrected chi connectivity index (χ0v) is 12.4. The van der Waals surface area contributed by atoms with Gasteiger partial charge in [-0.25, -0.2) is 0 Å². The number of nitrogens with one attached hydrogen (secondary N) is 1. The number of amides is 1. The van der Waals surface area contributed by atoms with Gasteiger partial charge in [0.1, 0.15) is 0 Å². The Hall–Kier alpha value is -1.55. The predicted octanol–water partition coefficient (Wildman–Crippen LogP) is 1.81. The van der Waals surface area contributed by atoms with Gasteiger partial charge in [-0.1, -0.05) is 26.0 Å². The molecule has 3 N–H and O–H groups in total. The molecule has 0 rings (SSSR count). The highest BCUT2D eigenvalue weighted by molar-refractivity contribution is 5.93. The molecule has 108 valence electrons. The summed E-state index contributed by atoms with van der Waals surface area (Å²) >= 11 is 0. The van der Waals surface area contributed by atoms with E-state index in [0.717, 1.165) is 19.6 Å². The Bertz CT molecular complexity index is 341. The Balaban J connectivity index is 4.16. The number of carbonyl (C=O) groups is 1. The lowest BCUT2D eigenvalue weighted by Crippen LogP contribution is -2.35. The molecule has 0 aromatic rings. The average molecular weight is 265 g/mol. The molecule has 0 aliphatic carbocycles. The van der Waals surface area contributed by atoms with Gasteiger partial charge < -0.3 is 16.0 Å². The summed E-state index contributed by atoms with van der Waals surface area (Å²) in [7, 11) is 0. The van der Waals surface area contributed by atoms with Crippen LogP contribution in [0.5, 0.6) is 0 Å². The molecule has 0 heterocycles. The van der Waals surface area contributed by atoms with Gasteiger partial charge in [-0.05, 0) is 26.1 Å². The van der Waals surface area contributed by atoms with Crippen molar-refractivity contribution in [2.45, 2.75) is 27.2 Å². The van der Waals surface area contributed by atoms with Gasteiger partial charge in [0.2, 0.25) is 5.91 Å². The summed E-state index contributed by atoms with van der Waals surface area (Å²) in [6.07, 6.45) is 5.86. The Morgan fingerprint density at radius 3 is 2.47 bits per heavy atom. The van der Waals surface area contributed by atoms with Crippen LogP contribution in [0.4, 0.5) is 0 Å². The average Bonchev–Trinajstić information content (AvgIpc) is 2.41. The third kappa shape index (κ3) is 8.21. The van der Waals surface area contributed by atoms with Gasteiger partial charge in [0, 0.05) is 30.8 Å². The Morgan fingerprint density at radius 1 is 1.32 bits per heavy atom. The summed E-state index contributed by atoms with van der Waals surface area (Å²) in [4.78, 5) is 14.0. The van der Waals surface area contributed by atoms with E-state index < -0.39 is 0 Å². The highest BCUT2D eigenvalue weighted by atomic mass is 16.1. The van der Waals surface area contributed by atoms with Crippen molar-refractivity contribution in [3.8, 4) is 0 Å². The first kappa shape index (κ1) is 17.4. The summed E-state index contributed by atoms with van der Waals surface area (Å²) in [5, 5.41) is 2.90. The molecule has 0 unspecified atom stereocenters. The largest absolute Gasteiger partial charge is 0.402 e. The smallest absolute Gasteiger partial charge is 0.246 e. The first-order valence-corrected chi connectivity index (χ1v) is 6.79. The molecule has 0 spiro atoms. The molecule has 1 amide bonds. The molecule has 19 heavy (non-hydrogen) atoms. The molecular weight excluding hydrogens is 238 g/mol. The Kier molecular flexibility index (Phi) is 9.53.